The molecule has 0 saturated carbocycles. The lowest BCUT2D eigenvalue weighted by molar-refractivity contribution is 0.743. The van der Waals surface area contributed by atoms with Crippen molar-refractivity contribution in [3.63, 3.8) is 0 Å². The first kappa shape index (κ1) is 6.52. The van der Waals surface area contributed by atoms with E-state index >= 15 is 0 Å². The number of nitrogens with one attached hydrogen (secondary N) is 1. The molecule has 0 atom stereocenters. The molecule has 0 spiro atoms. The Morgan fingerprint density at radius 1 is 1.71 bits per heavy atom. The average molecular weight is 97.2 g/mol. The third kappa shape index (κ3) is 5.52. The summed E-state index contributed by atoms with van der Waals surface area (Å²) in [6, 6.07) is 0. The number of terminal acetylenes is 1. The van der Waals surface area contributed by atoms with E-state index in [9.17, 15) is 0 Å². The Kier molecular flexibility index (Phi) is 5.14. The van der Waals surface area contributed by atoms with Crippen LogP contribution in [0.25, 0.3) is 0 Å². The number of rotatable bonds is 3. The van der Waals surface area contributed by atoms with Gasteiger partial charge in [-0.05, 0) is 20.0 Å². The Labute approximate surface area is 45.1 Å². The smallest absolute Gasteiger partial charge is 0.00981 e. The number of hydrogen-bond donors (Lipinski definition) is 1. The lowest BCUT2D eigenvalue weighted by Gasteiger charge is -1.89. The van der Waals surface area contributed by atoms with E-state index in [0.29, 0.717) is 0 Å². The molecule has 1 heteroatoms. The van der Waals surface area contributed by atoms with Crippen LogP contribution in [0.15, 0.2) is 0 Å². The lowest BCUT2D eigenvalue weighted by Crippen LogP contribution is -2.06. The monoisotopic (exact) mass is 97.1 g/mol. The van der Waals surface area contributed by atoms with Crippen LogP contribution in [0.5, 0.6) is 0 Å². The van der Waals surface area contributed by atoms with Crippen molar-refractivity contribution in [2.45, 2.75) is 12.8 Å². The van der Waals surface area contributed by atoms with Gasteiger partial charge in [-0.25, -0.2) is 0 Å². The number of unbranched alkanes of at least 4 members (excludes halogenated alkanes) is 1. The molecule has 7 heavy (non-hydrogen) atoms. The molecule has 0 aliphatic carbocycles. The van der Waals surface area contributed by atoms with Crippen molar-refractivity contribution < 1.29 is 0 Å². The van der Waals surface area contributed by atoms with Crippen LogP contribution in [0, 0.1) is 12.3 Å². The first-order valence-electron chi connectivity index (χ1n) is 2.50. The van der Waals surface area contributed by atoms with E-state index in [1.807, 2.05) is 7.05 Å². The molecule has 0 amide bonds. The van der Waals surface area contributed by atoms with Gasteiger partial charge >= 0.3 is 0 Å². The SMILES string of the molecule is C#CCCCNC. The molecule has 0 saturated heterocycles. The average Bonchev–Trinajstić information content (AvgIpc) is 1.69. The first-order valence-corrected chi connectivity index (χ1v) is 2.50. The highest BCUT2D eigenvalue weighted by Crippen LogP contribution is 1.79. The van der Waals surface area contributed by atoms with Gasteiger partial charge in [-0.2, -0.15) is 0 Å². The van der Waals surface area contributed by atoms with Crippen LogP contribution >= 0.6 is 0 Å². The van der Waals surface area contributed by atoms with E-state index < -0.39 is 0 Å². The zero-order chi connectivity index (χ0) is 5.54. The van der Waals surface area contributed by atoms with E-state index in [1.54, 1.807) is 0 Å². The molecule has 0 rings (SSSR count). The van der Waals surface area contributed by atoms with Crippen molar-refractivity contribution in [2.24, 2.45) is 0 Å². The molecule has 0 aromatic carbocycles. The summed E-state index contributed by atoms with van der Waals surface area (Å²) in [6.07, 6.45) is 6.97. The second kappa shape index (κ2) is 5.52. The summed E-state index contributed by atoms with van der Waals surface area (Å²) in [5.74, 6) is 2.56. The Morgan fingerprint density at radius 3 is 2.86 bits per heavy atom. The van der Waals surface area contributed by atoms with Gasteiger partial charge in [0.25, 0.3) is 0 Å². The van der Waals surface area contributed by atoms with Gasteiger partial charge in [0.1, 0.15) is 0 Å². The van der Waals surface area contributed by atoms with Crippen molar-refractivity contribution in [2.75, 3.05) is 13.6 Å². The van der Waals surface area contributed by atoms with Gasteiger partial charge in [0.15, 0.2) is 0 Å². The molecule has 1 N–H and O–H groups in total. The maximum Gasteiger partial charge on any atom is 0.00981 e. The van der Waals surface area contributed by atoms with Crippen molar-refractivity contribution in [1.82, 2.24) is 5.32 Å². The molecule has 0 aliphatic heterocycles. The highest BCUT2D eigenvalue weighted by atomic mass is 14.8. The second-order valence-electron chi connectivity index (χ2n) is 1.41. The fourth-order valence-corrected chi connectivity index (χ4v) is 0.367. The first-order chi connectivity index (χ1) is 3.41. The van der Waals surface area contributed by atoms with E-state index in [-0.39, 0.29) is 0 Å². The predicted octanol–water partition coefficient (Wildman–Crippen LogP) is 0.619. The molecule has 0 unspecified atom stereocenters. The largest absolute Gasteiger partial charge is 0.320 e. The van der Waals surface area contributed by atoms with Crippen LogP contribution < -0.4 is 5.32 Å². The molecule has 0 aromatic rings. The van der Waals surface area contributed by atoms with Crippen molar-refractivity contribution >= 4 is 0 Å². The summed E-state index contributed by atoms with van der Waals surface area (Å²) in [7, 11) is 1.93. The minimum Gasteiger partial charge on any atom is -0.320 e. The molecule has 0 fully saturated rings. The summed E-state index contributed by atoms with van der Waals surface area (Å²) >= 11 is 0. The van der Waals surface area contributed by atoms with Gasteiger partial charge in [0, 0.05) is 6.42 Å². The van der Waals surface area contributed by atoms with Crippen molar-refractivity contribution in [3.05, 3.63) is 0 Å². The van der Waals surface area contributed by atoms with Gasteiger partial charge in [-0.15, -0.1) is 12.3 Å². The van der Waals surface area contributed by atoms with Crippen LogP contribution in [0.2, 0.25) is 0 Å². The van der Waals surface area contributed by atoms with E-state index in [4.69, 9.17) is 6.42 Å². The number of hydrogen-bond acceptors (Lipinski definition) is 1. The molecule has 0 aromatic heterocycles. The summed E-state index contributed by atoms with van der Waals surface area (Å²) in [4.78, 5) is 0. The molecule has 0 radical (unpaired) electrons. The van der Waals surface area contributed by atoms with Crippen LogP contribution in [-0.4, -0.2) is 13.6 Å². The molecular weight excluding hydrogens is 86.1 g/mol. The molecular formula is C6H11N. The Hall–Kier alpha value is -0.480. The molecule has 0 bridgehead atoms. The van der Waals surface area contributed by atoms with Gasteiger partial charge < -0.3 is 5.32 Å². The van der Waals surface area contributed by atoms with E-state index in [0.717, 1.165) is 19.4 Å². The fourth-order valence-electron chi connectivity index (χ4n) is 0.367. The quantitative estimate of drug-likeness (QED) is 0.402. The zero-order valence-electron chi connectivity index (χ0n) is 4.70. The van der Waals surface area contributed by atoms with Crippen molar-refractivity contribution in [1.29, 1.82) is 0 Å². The van der Waals surface area contributed by atoms with Crippen molar-refractivity contribution in [3.8, 4) is 12.3 Å². The predicted molar refractivity (Wildman–Crippen MR) is 32.0 cm³/mol. The Morgan fingerprint density at radius 2 is 2.43 bits per heavy atom. The molecule has 40 valence electrons. The third-order valence-corrected chi connectivity index (χ3v) is 0.748. The molecule has 0 heterocycles. The summed E-state index contributed by atoms with van der Waals surface area (Å²) in [6.45, 7) is 1.03. The Balaban J connectivity index is 2.60. The van der Waals surface area contributed by atoms with Crippen LogP contribution in [0.4, 0.5) is 0 Å². The second-order valence-corrected chi connectivity index (χ2v) is 1.41. The van der Waals surface area contributed by atoms with Gasteiger partial charge in [-0.1, -0.05) is 0 Å². The normalized spacial score (nSPS) is 8.00. The van der Waals surface area contributed by atoms with Crippen LogP contribution in [-0.2, 0) is 0 Å². The molecule has 0 aliphatic rings. The summed E-state index contributed by atoms with van der Waals surface area (Å²) < 4.78 is 0. The lowest BCUT2D eigenvalue weighted by atomic mass is 10.3. The minimum atomic E-state index is 0.890. The Bertz CT molecular complexity index is 61.1. The standard InChI is InChI=1S/C6H11N/c1-3-4-5-6-7-2/h1,7H,4-6H2,2H3. The highest BCUT2D eigenvalue weighted by Gasteiger charge is 1.76. The summed E-state index contributed by atoms with van der Waals surface area (Å²) in [5.41, 5.74) is 0. The zero-order valence-corrected chi connectivity index (χ0v) is 4.70. The van der Waals surface area contributed by atoms with Gasteiger partial charge in [-0.3, -0.25) is 0 Å². The maximum absolute atomic E-state index is 4.99. The van der Waals surface area contributed by atoms with E-state index in [1.165, 1.54) is 0 Å². The summed E-state index contributed by atoms with van der Waals surface area (Å²) in [5, 5.41) is 3.01. The van der Waals surface area contributed by atoms with Gasteiger partial charge in [0.05, 0.1) is 0 Å². The third-order valence-electron chi connectivity index (χ3n) is 0.748. The fraction of sp³-hybridized carbons (Fsp3) is 0.667. The maximum atomic E-state index is 4.99. The highest BCUT2D eigenvalue weighted by molar-refractivity contribution is 4.82. The van der Waals surface area contributed by atoms with Crippen LogP contribution in [0.1, 0.15) is 12.8 Å². The topological polar surface area (TPSA) is 12.0 Å². The van der Waals surface area contributed by atoms with E-state index in [2.05, 4.69) is 11.2 Å². The minimum absolute atomic E-state index is 0.890. The van der Waals surface area contributed by atoms with Crippen LogP contribution in [0.3, 0.4) is 0 Å². The van der Waals surface area contributed by atoms with Gasteiger partial charge in [0.2, 0.25) is 0 Å². The molecule has 1 nitrogen and oxygen atoms in total.